The Morgan fingerprint density at radius 2 is 1.91 bits per heavy atom. The third-order valence-electron chi connectivity index (χ3n) is 8.60. The summed E-state index contributed by atoms with van der Waals surface area (Å²) in [5, 5.41) is 10.1. The van der Waals surface area contributed by atoms with E-state index in [1.165, 1.54) is 32.1 Å². The van der Waals surface area contributed by atoms with Gasteiger partial charge in [0, 0.05) is 0 Å². The summed E-state index contributed by atoms with van der Waals surface area (Å²) in [5.41, 5.74) is 1.71. The Morgan fingerprint density at radius 3 is 2.65 bits per heavy atom. The van der Waals surface area contributed by atoms with E-state index in [9.17, 15) is 9.90 Å². The lowest BCUT2D eigenvalue weighted by atomic mass is 9.44. The topological polar surface area (TPSA) is 37.3 Å². The molecular formula is C21H32O2. The number of hydrogen-bond donors (Lipinski definition) is 1. The molecule has 0 heterocycles. The Labute approximate surface area is 140 Å². The number of allylic oxidation sites excluding steroid dienone is 2. The van der Waals surface area contributed by atoms with Gasteiger partial charge in [0.1, 0.15) is 0 Å². The summed E-state index contributed by atoms with van der Waals surface area (Å²) >= 11 is 0. The maximum absolute atomic E-state index is 12.1. The minimum absolute atomic E-state index is 0.0593. The standard InChI is InChI=1S/C21H32O2/c1-13(22)17-6-7-18-16-5-4-14-12-15(23)8-10-20(14,2)19(16)9-11-21(17,18)3/h6,14-16,18-19,23H,4-5,7-12H2,1-3H3/t14-,15?,16-,18?,19-,20-,21+/m0/s1. The number of ketones is 1. The van der Waals surface area contributed by atoms with Crippen molar-refractivity contribution in [2.75, 3.05) is 0 Å². The van der Waals surface area contributed by atoms with Crippen molar-refractivity contribution in [2.24, 2.45) is 34.5 Å². The minimum atomic E-state index is -0.0593. The fourth-order valence-electron chi connectivity index (χ4n) is 7.35. The average molecular weight is 316 g/mol. The number of aliphatic hydroxyl groups excluding tert-OH is 1. The summed E-state index contributed by atoms with van der Waals surface area (Å²) in [4.78, 5) is 12.1. The summed E-state index contributed by atoms with van der Waals surface area (Å²) in [6.07, 6.45) is 11.6. The first-order valence-corrected chi connectivity index (χ1v) is 9.76. The van der Waals surface area contributed by atoms with Crippen LogP contribution in [0.2, 0.25) is 0 Å². The van der Waals surface area contributed by atoms with Crippen molar-refractivity contribution < 1.29 is 9.90 Å². The Bertz CT molecular complexity index is 550. The van der Waals surface area contributed by atoms with Crippen LogP contribution in [-0.4, -0.2) is 17.0 Å². The SMILES string of the molecule is CC(=O)C1=CCC2[C@@H]3CC[C@H]4CC(O)CC[C@]4(C)[C@H]3CC[C@]12C. The molecule has 128 valence electrons. The molecule has 2 heteroatoms. The summed E-state index contributed by atoms with van der Waals surface area (Å²) in [6.45, 7) is 6.65. The molecule has 0 aliphatic heterocycles. The van der Waals surface area contributed by atoms with Gasteiger partial charge in [-0.15, -0.1) is 0 Å². The van der Waals surface area contributed by atoms with Crippen molar-refractivity contribution in [1.82, 2.24) is 0 Å². The lowest BCUT2D eigenvalue weighted by Gasteiger charge is -2.60. The molecule has 23 heavy (non-hydrogen) atoms. The molecule has 7 atom stereocenters. The molecule has 1 N–H and O–H groups in total. The van der Waals surface area contributed by atoms with Gasteiger partial charge in [-0.3, -0.25) is 4.79 Å². The number of aliphatic hydroxyl groups is 1. The maximum Gasteiger partial charge on any atom is 0.156 e. The predicted molar refractivity (Wildman–Crippen MR) is 91.9 cm³/mol. The van der Waals surface area contributed by atoms with Gasteiger partial charge in [0.2, 0.25) is 0 Å². The van der Waals surface area contributed by atoms with E-state index >= 15 is 0 Å². The summed E-state index contributed by atoms with van der Waals surface area (Å²) in [7, 11) is 0. The quantitative estimate of drug-likeness (QED) is 0.772. The van der Waals surface area contributed by atoms with Crippen LogP contribution in [0.4, 0.5) is 0 Å². The zero-order chi connectivity index (χ0) is 16.4. The van der Waals surface area contributed by atoms with Gasteiger partial charge in [0.05, 0.1) is 6.10 Å². The van der Waals surface area contributed by atoms with E-state index in [0.717, 1.165) is 42.6 Å². The van der Waals surface area contributed by atoms with Crippen LogP contribution in [0.3, 0.4) is 0 Å². The van der Waals surface area contributed by atoms with E-state index in [4.69, 9.17) is 0 Å². The van der Waals surface area contributed by atoms with Crippen LogP contribution < -0.4 is 0 Å². The molecule has 2 unspecified atom stereocenters. The molecule has 2 nitrogen and oxygen atoms in total. The van der Waals surface area contributed by atoms with E-state index < -0.39 is 0 Å². The van der Waals surface area contributed by atoms with Crippen molar-refractivity contribution in [2.45, 2.75) is 78.2 Å². The molecule has 0 saturated heterocycles. The highest BCUT2D eigenvalue weighted by atomic mass is 16.3. The van der Waals surface area contributed by atoms with Gasteiger partial charge in [-0.2, -0.15) is 0 Å². The highest BCUT2D eigenvalue weighted by molar-refractivity contribution is 5.95. The molecule has 3 fully saturated rings. The number of Topliss-reactive ketones (excluding diaryl/α,β-unsaturated/α-hetero) is 1. The van der Waals surface area contributed by atoms with E-state index in [1.807, 2.05) is 0 Å². The van der Waals surface area contributed by atoms with Crippen LogP contribution in [0.15, 0.2) is 11.6 Å². The molecule has 4 rings (SSSR count). The molecule has 0 bridgehead atoms. The molecule has 0 aromatic rings. The summed E-state index contributed by atoms with van der Waals surface area (Å²) < 4.78 is 0. The number of fused-ring (bicyclic) bond motifs is 5. The number of rotatable bonds is 1. The first-order valence-electron chi connectivity index (χ1n) is 9.76. The van der Waals surface area contributed by atoms with Crippen LogP contribution >= 0.6 is 0 Å². The van der Waals surface area contributed by atoms with Crippen molar-refractivity contribution in [1.29, 1.82) is 0 Å². The average Bonchev–Trinajstić information content (AvgIpc) is 2.85. The Morgan fingerprint density at radius 1 is 1.13 bits per heavy atom. The predicted octanol–water partition coefficient (Wildman–Crippen LogP) is 4.52. The van der Waals surface area contributed by atoms with Crippen LogP contribution in [0.25, 0.3) is 0 Å². The van der Waals surface area contributed by atoms with Gasteiger partial charge in [-0.25, -0.2) is 0 Å². The zero-order valence-corrected chi connectivity index (χ0v) is 15.0. The molecular weight excluding hydrogens is 284 g/mol. The van der Waals surface area contributed by atoms with Crippen molar-refractivity contribution in [3.8, 4) is 0 Å². The van der Waals surface area contributed by atoms with Crippen LogP contribution in [0.1, 0.15) is 72.1 Å². The minimum Gasteiger partial charge on any atom is -0.393 e. The van der Waals surface area contributed by atoms with Crippen LogP contribution in [0.5, 0.6) is 0 Å². The normalized spacial score (nSPS) is 52.2. The molecule has 3 saturated carbocycles. The van der Waals surface area contributed by atoms with Crippen molar-refractivity contribution >= 4 is 5.78 Å². The molecule has 0 amide bonds. The second-order valence-electron chi connectivity index (χ2n) is 9.45. The third kappa shape index (κ3) is 2.13. The van der Waals surface area contributed by atoms with Crippen molar-refractivity contribution in [3.63, 3.8) is 0 Å². The highest BCUT2D eigenvalue weighted by Gasteiger charge is 2.58. The van der Waals surface area contributed by atoms with E-state index in [2.05, 4.69) is 19.9 Å². The van der Waals surface area contributed by atoms with E-state index in [0.29, 0.717) is 17.1 Å². The molecule has 0 aromatic heterocycles. The first-order chi connectivity index (χ1) is 10.9. The van der Waals surface area contributed by atoms with Gasteiger partial charge in [-0.1, -0.05) is 19.9 Å². The molecule has 4 aliphatic rings. The number of carbonyl (C=O) groups is 1. The second kappa shape index (κ2) is 5.18. The first kappa shape index (κ1) is 15.9. The lowest BCUT2D eigenvalue weighted by molar-refractivity contribution is -0.124. The van der Waals surface area contributed by atoms with Gasteiger partial charge < -0.3 is 5.11 Å². The lowest BCUT2D eigenvalue weighted by Crippen LogP contribution is -2.53. The second-order valence-corrected chi connectivity index (χ2v) is 9.45. The zero-order valence-electron chi connectivity index (χ0n) is 15.0. The Kier molecular flexibility index (Phi) is 3.58. The Hall–Kier alpha value is -0.630. The van der Waals surface area contributed by atoms with Gasteiger partial charge in [0.15, 0.2) is 5.78 Å². The summed E-state index contributed by atoms with van der Waals surface area (Å²) in [5.74, 6) is 3.31. The Balaban J connectivity index is 1.62. The molecule has 4 aliphatic carbocycles. The van der Waals surface area contributed by atoms with E-state index in [-0.39, 0.29) is 11.5 Å². The number of carbonyl (C=O) groups excluding carboxylic acids is 1. The monoisotopic (exact) mass is 316 g/mol. The molecule has 0 spiro atoms. The van der Waals surface area contributed by atoms with Crippen molar-refractivity contribution in [3.05, 3.63) is 11.6 Å². The summed E-state index contributed by atoms with van der Waals surface area (Å²) in [6, 6.07) is 0. The maximum atomic E-state index is 12.1. The smallest absolute Gasteiger partial charge is 0.156 e. The highest BCUT2D eigenvalue weighted by Crippen LogP contribution is 2.66. The third-order valence-corrected chi connectivity index (χ3v) is 8.60. The van der Waals surface area contributed by atoms with Crippen LogP contribution in [-0.2, 0) is 4.79 Å². The fraction of sp³-hybridized carbons (Fsp3) is 0.857. The molecule has 0 aromatic carbocycles. The van der Waals surface area contributed by atoms with Gasteiger partial charge in [-0.05, 0) is 98.4 Å². The number of hydrogen-bond acceptors (Lipinski definition) is 2. The van der Waals surface area contributed by atoms with E-state index in [1.54, 1.807) is 6.92 Å². The van der Waals surface area contributed by atoms with Gasteiger partial charge in [0.25, 0.3) is 0 Å². The molecule has 0 radical (unpaired) electrons. The van der Waals surface area contributed by atoms with Gasteiger partial charge >= 0.3 is 0 Å². The van der Waals surface area contributed by atoms with Crippen LogP contribution in [0, 0.1) is 34.5 Å². The fourth-order valence-corrected chi connectivity index (χ4v) is 7.35. The largest absolute Gasteiger partial charge is 0.393 e.